The monoisotopic (exact) mass is 368 g/mol. The van der Waals surface area contributed by atoms with Gasteiger partial charge < -0.3 is 10.1 Å². The first kappa shape index (κ1) is 17.6. The molecule has 1 N–H and O–H groups in total. The van der Waals surface area contributed by atoms with Gasteiger partial charge in [-0.25, -0.2) is 13.9 Å². The van der Waals surface area contributed by atoms with Crippen LogP contribution in [0.25, 0.3) is 0 Å². The molecule has 3 rings (SSSR count). The minimum absolute atomic E-state index is 0.0280. The van der Waals surface area contributed by atoms with E-state index >= 15 is 0 Å². The Kier molecular flexibility index (Phi) is 5.50. The summed E-state index contributed by atoms with van der Waals surface area (Å²) in [7, 11) is 0. The smallest absolute Gasteiger partial charge is 0.346 e. The molecule has 134 valence electrons. The van der Waals surface area contributed by atoms with Gasteiger partial charge in [0.15, 0.2) is 0 Å². The number of nitrogens with one attached hydrogen (secondary N) is 1. The molecule has 0 radical (unpaired) electrons. The molecule has 0 aliphatic carbocycles. The summed E-state index contributed by atoms with van der Waals surface area (Å²) in [5.74, 6) is -0.922. The van der Waals surface area contributed by atoms with Crippen molar-refractivity contribution in [1.29, 1.82) is 0 Å². The van der Waals surface area contributed by atoms with E-state index in [9.17, 15) is 14.0 Å². The van der Waals surface area contributed by atoms with Gasteiger partial charge in [-0.15, -0.1) is 0 Å². The second-order valence-corrected chi connectivity index (χ2v) is 6.25. The number of benzene rings is 1. The minimum Gasteiger partial charge on any atom is -0.381 e. The number of rotatable bonds is 5. The first-order valence-corrected chi connectivity index (χ1v) is 8.34. The number of hydrogen-bond donors (Lipinski definition) is 1. The van der Waals surface area contributed by atoms with Crippen molar-refractivity contribution in [3.05, 3.63) is 51.4 Å². The van der Waals surface area contributed by atoms with Crippen LogP contribution in [0, 0.1) is 5.82 Å². The summed E-state index contributed by atoms with van der Waals surface area (Å²) in [6, 6.07) is 4.36. The lowest BCUT2D eigenvalue weighted by Gasteiger charge is -2.21. The van der Waals surface area contributed by atoms with E-state index in [1.165, 1.54) is 18.5 Å². The zero-order valence-electron chi connectivity index (χ0n) is 13.5. The Morgan fingerprint density at radius 1 is 1.40 bits per heavy atom. The van der Waals surface area contributed by atoms with Crippen molar-refractivity contribution in [2.45, 2.75) is 32.0 Å². The summed E-state index contributed by atoms with van der Waals surface area (Å²) in [6.07, 6.45) is 2.96. The maximum Gasteiger partial charge on any atom is 0.346 e. The van der Waals surface area contributed by atoms with Crippen molar-refractivity contribution in [1.82, 2.24) is 19.7 Å². The van der Waals surface area contributed by atoms with Gasteiger partial charge in [-0.2, -0.15) is 5.10 Å². The lowest BCUT2D eigenvalue weighted by atomic mass is 10.1. The summed E-state index contributed by atoms with van der Waals surface area (Å²) < 4.78 is 21.3. The van der Waals surface area contributed by atoms with Gasteiger partial charge in [0.2, 0.25) is 5.91 Å². The number of nitrogens with zero attached hydrogens (tertiary/aromatic N) is 3. The van der Waals surface area contributed by atoms with Crippen LogP contribution in [-0.4, -0.2) is 33.5 Å². The van der Waals surface area contributed by atoms with E-state index in [1.807, 2.05) is 0 Å². The minimum atomic E-state index is -0.542. The highest BCUT2D eigenvalue weighted by Crippen LogP contribution is 2.18. The van der Waals surface area contributed by atoms with Crippen molar-refractivity contribution in [3.8, 4) is 0 Å². The summed E-state index contributed by atoms with van der Waals surface area (Å²) in [4.78, 5) is 24.4. The molecule has 25 heavy (non-hydrogen) atoms. The maximum atomic E-state index is 13.4. The van der Waals surface area contributed by atoms with Crippen LogP contribution in [-0.2, 0) is 22.6 Å². The van der Waals surface area contributed by atoms with Gasteiger partial charge in [0, 0.05) is 25.8 Å². The predicted octanol–water partition coefficient (Wildman–Crippen LogP) is 1.51. The van der Waals surface area contributed by atoms with E-state index < -0.39 is 5.82 Å². The predicted molar refractivity (Wildman–Crippen MR) is 88.8 cm³/mol. The number of ether oxygens (including phenoxy) is 1. The SMILES string of the molecule is O=C(Cn1ncn(C2CCOCC2)c1=O)NCc1ccc(Cl)c(F)c1. The summed E-state index contributed by atoms with van der Waals surface area (Å²) >= 11 is 5.62. The number of halogens is 2. The van der Waals surface area contributed by atoms with E-state index in [4.69, 9.17) is 16.3 Å². The molecule has 0 saturated carbocycles. The van der Waals surface area contributed by atoms with Gasteiger partial charge in [0.25, 0.3) is 0 Å². The van der Waals surface area contributed by atoms with Crippen LogP contribution in [0.4, 0.5) is 4.39 Å². The zero-order valence-corrected chi connectivity index (χ0v) is 14.2. The molecule has 1 aromatic heterocycles. The van der Waals surface area contributed by atoms with Gasteiger partial charge in [-0.05, 0) is 30.5 Å². The lowest BCUT2D eigenvalue weighted by Crippen LogP contribution is -2.35. The molecule has 1 aromatic carbocycles. The normalized spacial score (nSPS) is 15.3. The number of hydrogen-bond acceptors (Lipinski definition) is 4. The molecule has 1 fully saturated rings. The van der Waals surface area contributed by atoms with Gasteiger partial charge in [-0.1, -0.05) is 17.7 Å². The lowest BCUT2D eigenvalue weighted by molar-refractivity contribution is -0.122. The average molecular weight is 369 g/mol. The average Bonchev–Trinajstić information content (AvgIpc) is 2.97. The Bertz CT molecular complexity index is 814. The molecular formula is C16H18ClFN4O3. The highest BCUT2D eigenvalue weighted by Gasteiger charge is 2.19. The molecule has 0 atom stereocenters. The third-order valence-corrected chi connectivity index (χ3v) is 4.41. The van der Waals surface area contributed by atoms with Crippen LogP contribution in [0.3, 0.4) is 0 Å². The Labute approximate surface area is 148 Å². The molecule has 7 nitrogen and oxygen atoms in total. The van der Waals surface area contributed by atoms with Crippen LogP contribution >= 0.6 is 11.6 Å². The Morgan fingerprint density at radius 2 is 2.16 bits per heavy atom. The molecule has 1 amide bonds. The number of carbonyl (C=O) groups excluding carboxylic acids is 1. The molecule has 1 aliphatic heterocycles. The summed E-state index contributed by atoms with van der Waals surface area (Å²) in [6.45, 7) is 1.17. The highest BCUT2D eigenvalue weighted by atomic mass is 35.5. The van der Waals surface area contributed by atoms with Crippen molar-refractivity contribution in [2.24, 2.45) is 0 Å². The first-order chi connectivity index (χ1) is 12.0. The fourth-order valence-electron chi connectivity index (χ4n) is 2.71. The van der Waals surface area contributed by atoms with E-state index in [1.54, 1.807) is 10.6 Å². The topological polar surface area (TPSA) is 78.2 Å². The molecule has 0 spiro atoms. The maximum absolute atomic E-state index is 13.4. The molecule has 2 aromatic rings. The van der Waals surface area contributed by atoms with Crippen LogP contribution in [0.2, 0.25) is 5.02 Å². The van der Waals surface area contributed by atoms with Gasteiger partial charge in [0.1, 0.15) is 18.7 Å². The molecule has 1 saturated heterocycles. The Hall–Kier alpha value is -2.19. The second-order valence-electron chi connectivity index (χ2n) is 5.85. The van der Waals surface area contributed by atoms with E-state index in [2.05, 4.69) is 10.4 Å². The fraction of sp³-hybridized carbons (Fsp3) is 0.438. The molecule has 2 heterocycles. The molecule has 0 unspecified atom stereocenters. The van der Waals surface area contributed by atoms with Gasteiger partial charge in [-0.3, -0.25) is 9.36 Å². The number of aromatic nitrogens is 3. The molecule has 1 aliphatic rings. The van der Waals surface area contributed by atoms with Crippen molar-refractivity contribution < 1.29 is 13.9 Å². The standard InChI is InChI=1S/C16H18ClFN4O3/c17-13-2-1-11(7-14(13)18)8-19-15(23)9-22-16(24)21(10-20-22)12-3-5-25-6-4-12/h1-2,7,10,12H,3-6,8-9H2,(H,19,23). The Morgan fingerprint density at radius 3 is 2.88 bits per heavy atom. The second kappa shape index (κ2) is 7.79. The van der Waals surface area contributed by atoms with Crippen LogP contribution in [0.1, 0.15) is 24.4 Å². The third kappa shape index (κ3) is 4.26. The van der Waals surface area contributed by atoms with Crippen molar-refractivity contribution in [3.63, 3.8) is 0 Å². The van der Waals surface area contributed by atoms with Crippen molar-refractivity contribution in [2.75, 3.05) is 13.2 Å². The zero-order chi connectivity index (χ0) is 17.8. The number of carbonyl (C=O) groups is 1. The molecule has 0 bridgehead atoms. The third-order valence-electron chi connectivity index (χ3n) is 4.11. The van der Waals surface area contributed by atoms with Gasteiger partial charge >= 0.3 is 5.69 Å². The van der Waals surface area contributed by atoms with E-state index in [-0.39, 0.29) is 35.8 Å². The van der Waals surface area contributed by atoms with Crippen LogP contribution < -0.4 is 11.0 Å². The summed E-state index contributed by atoms with van der Waals surface area (Å²) in [5.41, 5.74) is 0.259. The van der Waals surface area contributed by atoms with E-state index in [0.29, 0.717) is 18.8 Å². The van der Waals surface area contributed by atoms with Crippen LogP contribution in [0.5, 0.6) is 0 Å². The quantitative estimate of drug-likeness (QED) is 0.867. The number of amides is 1. The molecular weight excluding hydrogens is 351 g/mol. The largest absolute Gasteiger partial charge is 0.381 e. The first-order valence-electron chi connectivity index (χ1n) is 7.97. The van der Waals surface area contributed by atoms with E-state index in [0.717, 1.165) is 17.5 Å². The summed E-state index contributed by atoms with van der Waals surface area (Å²) in [5, 5.41) is 6.66. The van der Waals surface area contributed by atoms with Crippen LogP contribution in [0.15, 0.2) is 29.3 Å². The Balaban J connectivity index is 1.58. The fourth-order valence-corrected chi connectivity index (χ4v) is 2.83. The van der Waals surface area contributed by atoms with Gasteiger partial charge in [0.05, 0.1) is 5.02 Å². The molecule has 9 heteroatoms. The highest BCUT2D eigenvalue weighted by molar-refractivity contribution is 6.30. The van der Waals surface area contributed by atoms with Crippen molar-refractivity contribution >= 4 is 17.5 Å².